The van der Waals surface area contributed by atoms with Crippen LogP contribution in [0.2, 0.25) is 0 Å². The van der Waals surface area contributed by atoms with Gasteiger partial charge in [-0.15, -0.1) is 0 Å². The van der Waals surface area contributed by atoms with E-state index in [2.05, 4.69) is 18.4 Å². The smallest absolute Gasteiger partial charge is 0.170 e. The summed E-state index contributed by atoms with van der Waals surface area (Å²) >= 11 is 0. The quantitative estimate of drug-likeness (QED) is 0.887. The Bertz CT molecular complexity index is 620. The molecular weight excluding hydrogens is 266 g/mol. The third kappa shape index (κ3) is 2.68. The fraction of sp³-hybridized carbons (Fsp3) is 0.438. The summed E-state index contributed by atoms with van der Waals surface area (Å²) in [4.78, 5) is 4.73. The van der Waals surface area contributed by atoms with Crippen LogP contribution < -0.4 is 15.2 Å². The molecule has 1 aromatic carbocycles. The highest BCUT2D eigenvalue weighted by Gasteiger charge is 2.19. The fourth-order valence-corrected chi connectivity index (χ4v) is 2.55. The van der Waals surface area contributed by atoms with Crippen LogP contribution in [0, 0.1) is 0 Å². The molecule has 0 radical (unpaired) electrons. The van der Waals surface area contributed by atoms with E-state index in [0.717, 1.165) is 36.5 Å². The highest BCUT2D eigenvalue weighted by atomic mass is 16.5. The van der Waals surface area contributed by atoms with Crippen LogP contribution in [0.5, 0.6) is 11.5 Å². The second kappa shape index (κ2) is 6.52. The molecule has 0 bridgehead atoms. The number of nitrogens with two attached hydrogens (primary N) is 1. The predicted molar refractivity (Wildman–Crippen MR) is 84.8 cm³/mol. The number of hydrogen-bond acceptors (Lipinski definition) is 4. The average molecular weight is 289 g/mol. The molecule has 0 aliphatic rings. The Morgan fingerprint density at radius 2 is 1.95 bits per heavy atom. The van der Waals surface area contributed by atoms with Crippen molar-refractivity contribution in [1.82, 2.24) is 9.55 Å². The minimum atomic E-state index is 0.663. The van der Waals surface area contributed by atoms with Crippen LogP contribution in [-0.4, -0.2) is 23.8 Å². The van der Waals surface area contributed by atoms with Gasteiger partial charge in [-0.25, -0.2) is 4.98 Å². The Kier molecular flexibility index (Phi) is 4.73. The van der Waals surface area contributed by atoms with Gasteiger partial charge >= 0.3 is 0 Å². The number of aryl methyl sites for hydroxylation is 1. The molecule has 0 fully saturated rings. The molecule has 5 nitrogen and oxygen atoms in total. The highest BCUT2D eigenvalue weighted by molar-refractivity contribution is 5.78. The number of anilines is 1. The Labute approximate surface area is 125 Å². The number of para-hydroxylation sites is 1. The number of nitrogens with zero attached hydrogens (tertiary/aromatic N) is 2. The van der Waals surface area contributed by atoms with Gasteiger partial charge < -0.3 is 19.8 Å². The second-order valence-corrected chi connectivity index (χ2v) is 4.80. The number of benzene rings is 1. The molecular formula is C16H23N3O2. The van der Waals surface area contributed by atoms with Crippen molar-refractivity contribution in [2.75, 3.05) is 20.0 Å². The molecule has 0 amide bonds. The first kappa shape index (κ1) is 15.2. The van der Waals surface area contributed by atoms with Gasteiger partial charge in [0, 0.05) is 18.5 Å². The molecule has 0 unspecified atom stereocenters. The monoisotopic (exact) mass is 289 g/mol. The van der Waals surface area contributed by atoms with E-state index in [-0.39, 0.29) is 0 Å². The van der Waals surface area contributed by atoms with Crippen molar-refractivity contribution in [3.05, 3.63) is 24.0 Å². The van der Waals surface area contributed by atoms with Crippen LogP contribution in [0.15, 0.2) is 18.2 Å². The average Bonchev–Trinajstić information content (AvgIpc) is 2.82. The maximum atomic E-state index is 6.30. The van der Waals surface area contributed by atoms with Crippen LogP contribution >= 0.6 is 0 Å². The summed E-state index contributed by atoms with van der Waals surface area (Å²) in [6.45, 7) is 5.01. The lowest BCUT2D eigenvalue weighted by Gasteiger charge is -2.11. The molecule has 1 heterocycles. The zero-order chi connectivity index (χ0) is 15.4. The largest absolute Gasteiger partial charge is 0.493 e. The summed E-state index contributed by atoms with van der Waals surface area (Å²) in [5.74, 6) is 3.03. The number of methoxy groups -OCH3 is 2. The molecule has 0 saturated heterocycles. The van der Waals surface area contributed by atoms with E-state index in [1.807, 2.05) is 18.2 Å². The van der Waals surface area contributed by atoms with E-state index in [1.54, 1.807) is 14.2 Å². The predicted octanol–water partition coefficient (Wildman–Crippen LogP) is 3.12. The first-order valence-corrected chi connectivity index (χ1v) is 7.24. The summed E-state index contributed by atoms with van der Waals surface area (Å²) in [5.41, 5.74) is 7.92. The second-order valence-electron chi connectivity index (χ2n) is 4.80. The lowest BCUT2D eigenvalue weighted by Crippen LogP contribution is -2.05. The minimum absolute atomic E-state index is 0.663. The molecule has 2 rings (SSSR count). The van der Waals surface area contributed by atoms with Crippen molar-refractivity contribution in [3.63, 3.8) is 0 Å². The Hall–Kier alpha value is -2.17. The Morgan fingerprint density at radius 3 is 2.52 bits per heavy atom. The molecule has 0 atom stereocenters. The van der Waals surface area contributed by atoms with Crippen molar-refractivity contribution in [3.8, 4) is 22.8 Å². The van der Waals surface area contributed by atoms with E-state index in [1.165, 1.54) is 0 Å². The lowest BCUT2D eigenvalue weighted by molar-refractivity contribution is 0.356. The molecule has 2 N–H and O–H groups in total. The van der Waals surface area contributed by atoms with Crippen molar-refractivity contribution in [2.45, 2.75) is 33.2 Å². The molecule has 1 aromatic heterocycles. The van der Waals surface area contributed by atoms with Gasteiger partial charge in [0.2, 0.25) is 0 Å². The molecule has 0 saturated carbocycles. The van der Waals surface area contributed by atoms with Gasteiger partial charge in [0.1, 0.15) is 17.3 Å². The number of aromatic nitrogens is 2. The van der Waals surface area contributed by atoms with Crippen LogP contribution in [0.1, 0.15) is 26.1 Å². The summed E-state index contributed by atoms with van der Waals surface area (Å²) in [5, 5.41) is 0. The first-order chi connectivity index (χ1) is 10.2. The SMILES string of the molecule is CCCc1nc(-c2cccc(OC)c2OC)c(N)n1CC. The van der Waals surface area contributed by atoms with Gasteiger partial charge in [0.05, 0.1) is 14.2 Å². The van der Waals surface area contributed by atoms with Gasteiger partial charge in [-0.2, -0.15) is 0 Å². The van der Waals surface area contributed by atoms with Crippen LogP contribution in [0.3, 0.4) is 0 Å². The third-order valence-corrected chi connectivity index (χ3v) is 3.53. The molecule has 21 heavy (non-hydrogen) atoms. The van der Waals surface area contributed by atoms with Crippen molar-refractivity contribution >= 4 is 5.82 Å². The number of nitrogen functional groups attached to an aromatic ring is 1. The topological polar surface area (TPSA) is 62.3 Å². The lowest BCUT2D eigenvalue weighted by atomic mass is 10.1. The Balaban J connectivity index is 2.62. The van der Waals surface area contributed by atoms with Gasteiger partial charge in [0.15, 0.2) is 11.5 Å². The van der Waals surface area contributed by atoms with Crippen molar-refractivity contribution in [1.29, 1.82) is 0 Å². The van der Waals surface area contributed by atoms with Gasteiger partial charge in [-0.3, -0.25) is 0 Å². The summed E-state index contributed by atoms with van der Waals surface area (Å²) < 4.78 is 12.9. The zero-order valence-electron chi connectivity index (χ0n) is 13.1. The fourth-order valence-electron chi connectivity index (χ4n) is 2.55. The Morgan fingerprint density at radius 1 is 1.19 bits per heavy atom. The van der Waals surface area contributed by atoms with Gasteiger partial charge in [-0.05, 0) is 25.5 Å². The van der Waals surface area contributed by atoms with Crippen molar-refractivity contribution < 1.29 is 9.47 Å². The maximum absolute atomic E-state index is 6.30. The van der Waals surface area contributed by atoms with E-state index in [0.29, 0.717) is 17.3 Å². The van der Waals surface area contributed by atoms with Gasteiger partial charge in [-0.1, -0.05) is 13.0 Å². The molecule has 0 spiro atoms. The molecule has 0 aliphatic heterocycles. The zero-order valence-corrected chi connectivity index (χ0v) is 13.1. The van der Waals surface area contributed by atoms with E-state index >= 15 is 0 Å². The highest BCUT2D eigenvalue weighted by Crippen LogP contribution is 2.39. The number of imidazole rings is 1. The van der Waals surface area contributed by atoms with E-state index < -0.39 is 0 Å². The van der Waals surface area contributed by atoms with Crippen LogP contribution in [0.25, 0.3) is 11.3 Å². The minimum Gasteiger partial charge on any atom is -0.493 e. The molecule has 114 valence electrons. The molecule has 2 aromatic rings. The summed E-state index contributed by atoms with van der Waals surface area (Å²) in [7, 11) is 3.25. The number of ether oxygens (including phenoxy) is 2. The third-order valence-electron chi connectivity index (χ3n) is 3.53. The van der Waals surface area contributed by atoms with E-state index in [4.69, 9.17) is 20.2 Å². The summed E-state index contributed by atoms with van der Waals surface area (Å²) in [6, 6.07) is 5.73. The molecule has 0 aliphatic carbocycles. The summed E-state index contributed by atoms with van der Waals surface area (Å²) in [6.07, 6.45) is 1.94. The molecule has 5 heteroatoms. The first-order valence-electron chi connectivity index (χ1n) is 7.24. The standard InChI is InChI=1S/C16H23N3O2/c1-5-8-13-18-14(16(17)19(13)6-2)11-9-7-10-12(20-3)15(11)21-4/h7,9-10H,5-6,8,17H2,1-4H3. The number of rotatable bonds is 6. The van der Waals surface area contributed by atoms with E-state index in [9.17, 15) is 0 Å². The van der Waals surface area contributed by atoms with Gasteiger partial charge in [0.25, 0.3) is 0 Å². The maximum Gasteiger partial charge on any atom is 0.170 e. The normalized spacial score (nSPS) is 10.7. The van der Waals surface area contributed by atoms with Crippen LogP contribution in [0.4, 0.5) is 5.82 Å². The number of hydrogen-bond donors (Lipinski definition) is 1. The van der Waals surface area contributed by atoms with Crippen LogP contribution in [-0.2, 0) is 13.0 Å². The van der Waals surface area contributed by atoms with Crippen molar-refractivity contribution in [2.24, 2.45) is 0 Å².